The zero-order valence-corrected chi connectivity index (χ0v) is 13.8. The van der Waals surface area contributed by atoms with E-state index >= 15 is 0 Å². The van der Waals surface area contributed by atoms with Crippen molar-refractivity contribution in [1.82, 2.24) is 4.72 Å². The highest BCUT2D eigenvalue weighted by Crippen LogP contribution is 2.34. The second-order valence-electron chi connectivity index (χ2n) is 4.21. The first-order valence-electron chi connectivity index (χ1n) is 5.79. The normalized spacial score (nSPS) is 11.6. The summed E-state index contributed by atoms with van der Waals surface area (Å²) in [5, 5.41) is 0.0222. The lowest BCUT2D eigenvalue weighted by atomic mass is 10.2. The van der Waals surface area contributed by atoms with Gasteiger partial charge in [-0.15, -0.1) is 0 Å². The van der Waals surface area contributed by atoms with Gasteiger partial charge in [-0.05, 0) is 27.6 Å². The van der Waals surface area contributed by atoms with Crippen molar-refractivity contribution in [2.75, 3.05) is 5.73 Å². The number of hydrogen-bond acceptors (Lipinski definition) is 3. The SMILES string of the molecule is Nc1c(F)c(S(=O)(=O)NCc2ccccc2)cc(Cl)c1Br. The summed E-state index contributed by atoms with van der Waals surface area (Å²) >= 11 is 8.82. The van der Waals surface area contributed by atoms with Gasteiger partial charge in [0.15, 0.2) is 5.82 Å². The molecule has 0 saturated carbocycles. The summed E-state index contributed by atoms with van der Waals surface area (Å²) in [4.78, 5) is -0.580. The third-order valence-corrected chi connectivity index (χ3v) is 5.54. The molecule has 21 heavy (non-hydrogen) atoms. The van der Waals surface area contributed by atoms with Gasteiger partial charge in [0.1, 0.15) is 4.90 Å². The topological polar surface area (TPSA) is 72.2 Å². The van der Waals surface area contributed by atoms with Gasteiger partial charge < -0.3 is 5.73 Å². The van der Waals surface area contributed by atoms with Gasteiger partial charge in [0, 0.05) is 6.54 Å². The average molecular weight is 394 g/mol. The Morgan fingerprint density at radius 2 is 1.90 bits per heavy atom. The van der Waals surface area contributed by atoms with Crippen LogP contribution in [0.3, 0.4) is 0 Å². The lowest BCUT2D eigenvalue weighted by Crippen LogP contribution is -2.24. The summed E-state index contributed by atoms with van der Waals surface area (Å²) in [6, 6.07) is 9.89. The largest absolute Gasteiger partial charge is 0.395 e. The molecule has 0 aliphatic carbocycles. The maximum Gasteiger partial charge on any atom is 0.243 e. The summed E-state index contributed by atoms with van der Waals surface area (Å²) in [5.41, 5.74) is 5.89. The highest BCUT2D eigenvalue weighted by molar-refractivity contribution is 9.10. The maximum atomic E-state index is 14.0. The minimum absolute atomic E-state index is 0.0222. The average Bonchev–Trinajstić information content (AvgIpc) is 2.48. The molecule has 0 saturated heterocycles. The number of nitrogens with one attached hydrogen (secondary N) is 1. The van der Waals surface area contributed by atoms with Crippen molar-refractivity contribution in [2.45, 2.75) is 11.4 Å². The first-order chi connectivity index (χ1) is 9.83. The van der Waals surface area contributed by atoms with Gasteiger partial charge in [-0.2, -0.15) is 0 Å². The predicted octanol–water partition coefficient (Wildman–Crippen LogP) is 3.30. The Morgan fingerprint density at radius 3 is 2.52 bits per heavy atom. The van der Waals surface area contributed by atoms with Crippen LogP contribution in [0.1, 0.15) is 5.56 Å². The van der Waals surface area contributed by atoms with Crippen LogP contribution >= 0.6 is 27.5 Å². The van der Waals surface area contributed by atoms with Crippen LogP contribution in [0.2, 0.25) is 5.02 Å². The maximum absolute atomic E-state index is 14.0. The fraction of sp³-hybridized carbons (Fsp3) is 0.0769. The summed E-state index contributed by atoms with van der Waals surface area (Å²) in [7, 11) is -4.06. The standard InChI is InChI=1S/C13H11BrClFN2O2S/c14-11-9(15)6-10(12(16)13(11)17)21(19,20)18-7-8-4-2-1-3-5-8/h1-6,18H,7,17H2. The molecular weight excluding hydrogens is 383 g/mol. The van der Waals surface area contributed by atoms with Crippen LogP contribution < -0.4 is 10.5 Å². The summed E-state index contributed by atoms with van der Waals surface area (Å²) in [6.45, 7) is 0.0379. The molecule has 0 bridgehead atoms. The van der Waals surface area contributed by atoms with Gasteiger partial charge in [-0.25, -0.2) is 17.5 Å². The number of nitrogens with two attached hydrogens (primary N) is 1. The molecule has 0 spiro atoms. The van der Waals surface area contributed by atoms with Crippen molar-refractivity contribution < 1.29 is 12.8 Å². The van der Waals surface area contributed by atoms with E-state index in [2.05, 4.69) is 20.7 Å². The van der Waals surface area contributed by atoms with Crippen LogP contribution in [0.15, 0.2) is 45.8 Å². The molecular formula is C13H11BrClFN2O2S. The Kier molecular flexibility index (Phi) is 4.88. The molecule has 112 valence electrons. The van der Waals surface area contributed by atoms with E-state index < -0.39 is 20.7 Å². The molecule has 2 rings (SSSR count). The molecule has 0 fully saturated rings. The van der Waals surface area contributed by atoms with E-state index in [1.54, 1.807) is 24.3 Å². The molecule has 2 aromatic rings. The quantitative estimate of drug-likeness (QED) is 0.618. The van der Waals surface area contributed by atoms with Crippen LogP contribution in [-0.4, -0.2) is 8.42 Å². The van der Waals surface area contributed by atoms with Crippen LogP contribution in [-0.2, 0) is 16.6 Å². The number of halogens is 3. The number of sulfonamides is 1. The number of benzene rings is 2. The fourth-order valence-corrected chi connectivity index (χ4v) is 3.34. The lowest BCUT2D eigenvalue weighted by Gasteiger charge is -2.11. The zero-order valence-electron chi connectivity index (χ0n) is 10.6. The second-order valence-corrected chi connectivity index (χ2v) is 7.14. The first-order valence-corrected chi connectivity index (χ1v) is 8.45. The molecule has 0 amide bonds. The fourth-order valence-electron chi connectivity index (χ4n) is 1.65. The Morgan fingerprint density at radius 1 is 1.29 bits per heavy atom. The highest BCUT2D eigenvalue weighted by Gasteiger charge is 2.23. The van der Waals surface area contributed by atoms with E-state index in [9.17, 15) is 12.8 Å². The van der Waals surface area contributed by atoms with Crippen molar-refractivity contribution >= 4 is 43.2 Å². The van der Waals surface area contributed by atoms with Gasteiger partial charge in [0.25, 0.3) is 0 Å². The van der Waals surface area contributed by atoms with Crippen LogP contribution in [0.25, 0.3) is 0 Å². The zero-order chi connectivity index (χ0) is 15.6. The number of nitrogen functional groups attached to an aromatic ring is 1. The molecule has 0 heterocycles. The molecule has 0 atom stereocenters. The minimum atomic E-state index is -4.06. The van der Waals surface area contributed by atoms with E-state index in [-0.39, 0.29) is 21.7 Å². The van der Waals surface area contributed by atoms with E-state index in [1.165, 1.54) is 0 Å². The van der Waals surface area contributed by atoms with Gasteiger partial charge in [-0.3, -0.25) is 0 Å². The highest BCUT2D eigenvalue weighted by atomic mass is 79.9. The minimum Gasteiger partial charge on any atom is -0.395 e. The summed E-state index contributed by atoms with van der Waals surface area (Å²) < 4.78 is 40.8. The molecule has 0 unspecified atom stereocenters. The molecule has 0 aromatic heterocycles. The third-order valence-electron chi connectivity index (χ3n) is 2.76. The summed E-state index contributed by atoms with van der Waals surface area (Å²) in [5.74, 6) is -1.04. The third kappa shape index (κ3) is 3.55. The van der Waals surface area contributed by atoms with E-state index in [1.807, 2.05) is 6.07 Å². The first kappa shape index (κ1) is 16.2. The van der Waals surface area contributed by atoms with Crippen molar-refractivity contribution in [3.8, 4) is 0 Å². The van der Waals surface area contributed by atoms with Crippen molar-refractivity contribution in [3.05, 3.63) is 57.3 Å². The van der Waals surface area contributed by atoms with E-state index in [0.29, 0.717) is 0 Å². The smallest absolute Gasteiger partial charge is 0.243 e. The molecule has 0 aliphatic rings. The van der Waals surface area contributed by atoms with Gasteiger partial charge in [0.2, 0.25) is 10.0 Å². The molecule has 0 aliphatic heterocycles. The molecule has 8 heteroatoms. The van der Waals surface area contributed by atoms with Gasteiger partial charge in [-0.1, -0.05) is 41.9 Å². The van der Waals surface area contributed by atoms with Crippen molar-refractivity contribution in [1.29, 1.82) is 0 Å². The molecule has 3 N–H and O–H groups in total. The van der Waals surface area contributed by atoms with Crippen LogP contribution in [0.4, 0.5) is 10.1 Å². The Hall–Kier alpha value is -1.15. The molecule has 4 nitrogen and oxygen atoms in total. The second kappa shape index (κ2) is 6.31. The van der Waals surface area contributed by atoms with Gasteiger partial charge in [0.05, 0.1) is 15.2 Å². The Bertz CT molecular complexity index is 769. The van der Waals surface area contributed by atoms with Crippen LogP contribution in [0, 0.1) is 5.82 Å². The lowest BCUT2D eigenvalue weighted by molar-refractivity contribution is 0.558. The molecule has 0 radical (unpaired) electrons. The van der Waals surface area contributed by atoms with Crippen molar-refractivity contribution in [2.24, 2.45) is 0 Å². The molecule has 2 aromatic carbocycles. The number of rotatable bonds is 4. The number of anilines is 1. The van der Waals surface area contributed by atoms with Crippen LogP contribution in [0.5, 0.6) is 0 Å². The monoisotopic (exact) mass is 392 g/mol. The van der Waals surface area contributed by atoms with E-state index in [0.717, 1.165) is 11.6 Å². The van der Waals surface area contributed by atoms with Crippen molar-refractivity contribution in [3.63, 3.8) is 0 Å². The van der Waals surface area contributed by atoms with Gasteiger partial charge >= 0.3 is 0 Å². The predicted molar refractivity (Wildman–Crippen MR) is 84.0 cm³/mol. The van der Waals surface area contributed by atoms with E-state index in [4.69, 9.17) is 17.3 Å². The summed E-state index contributed by atoms with van der Waals surface area (Å²) in [6.07, 6.45) is 0. The Balaban J connectivity index is 2.32. The Labute approximate surface area is 135 Å². The number of hydrogen-bond donors (Lipinski definition) is 2.